The van der Waals surface area contributed by atoms with Crippen molar-refractivity contribution in [3.8, 4) is 0 Å². The number of aryl methyl sites for hydroxylation is 3. The Kier molecular flexibility index (Phi) is 3.68. The summed E-state index contributed by atoms with van der Waals surface area (Å²) >= 11 is 3.82. The predicted octanol–water partition coefficient (Wildman–Crippen LogP) is 5.10. The van der Waals surface area contributed by atoms with Gasteiger partial charge < -0.3 is 0 Å². The molecule has 2 aromatic rings. The van der Waals surface area contributed by atoms with Crippen LogP contribution in [0.3, 0.4) is 0 Å². The molecule has 1 heteroatoms. The molecule has 0 aliphatic heterocycles. The first-order valence-corrected chi connectivity index (χ1v) is 6.78. The van der Waals surface area contributed by atoms with E-state index >= 15 is 0 Å². The first kappa shape index (κ1) is 12.4. The van der Waals surface area contributed by atoms with Gasteiger partial charge in [-0.15, -0.1) is 0 Å². The molecule has 0 amide bonds. The molecule has 0 bridgehead atoms. The second kappa shape index (κ2) is 5.05. The number of rotatable bonds is 2. The average molecular weight is 289 g/mol. The number of alkyl halides is 1. The summed E-state index contributed by atoms with van der Waals surface area (Å²) in [5.74, 6) is 0. The van der Waals surface area contributed by atoms with E-state index in [0.29, 0.717) is 0 Å². The van der Waals surface area contributed by atoms with Crippen LogP contribution in [0.1, 0.15) is 32.6 Å². The van der Waals surface area contributed by atoms with Crippen molar-refractivity contribution in [2.75, 3.05) is 0 Å². The molecule has 0 aliphatic rings. The quantitative estimate of drug-likeness (QED) is 0.675. The van der Waals surface area contributed by atoms with Crippen molar-refractivity contribution < 1.29 is 0 Å². The third-order valence-corrected chi connectivity index (χ3v) is 4.07. The van der Waals surface area contributed by atoms with Crippen LogP contribution in [-0.4, -0.2) is 0 Å². The van der Waals surface area contributed by atoms with Gasteiger partial charge in [0, 0.05) is 0 Å². The smallest absolute Gasteiger partial charge is 0.0649 e. The van der Waals surface area contributed by atoms with Crippen LogP contribution in [0.4, 0.5) is 0 Å². The maximum atomic E-state index is 3.82. The van der Waals surface area contributed by atoms with Crippen molar-refractivity contribution in [2.45, 2.75) is 25.6 Å². The highest BCUT2D eigenvalue weighted by Gasteiger charge is 2.15. The largest absolute Gasteiger partial charge is 0.0786 e. The van der Waals surface area contributed by atoms with Crippen molar-refractivity contribution in [1.82, 2.24) is 0 Å². The second-order valence-corrected chi connectivity index (χ2v) is 5.50. The molecule has 0 fully saturated rings. The topological polar surface area (TPSA) is 0 Å². The molecule has 1 unspecified atom stereocenters. The van der Waals surface area contributed by atoms with Gasteiger partial charge in [0.15, 0.2) is 0 Å². The molecule has 0 spiro atoms. The van der Waals surface area contributed by atoms with Crippen molar-refractivity contribution in [3.63, 3.8) is 0 Å². The zero-order valence-electron chi connectivity index (χ0n) is 10.5. The van der Waals surface area contributed by atoms with E-state index < -0.39 is 0 Å². The highest BCUT2D eigenvalue weighted by atomic mass is 79.9. The Hall–Kier alpha value is -1.08. The lowest BCUT2D eigenvalue weighted by molar-refractivity contribution is 1.10. The van der Waals surface area contributed by atoms with E-state index in [4.69, 9.17) is 0 Å². The van der Waals surface area contributed by atoms with Gasteiger partial charge in [-0.3, -0.25) is 0 Å². The van der Waals surface area contributed by atoms with Gasteiger partial charge in [-0.05, 0) is 43.0 Å². The Balaban J connectivity index is 2.48. The van der Waals surface area contributed by atoms with Gasteiger partial charge in [0.1, 0.15) is 0 Å². The molecule has 0 aliphatic carbocycles. The van der Waals surface area contributed by atoms with Crippen LogP contribution >= 0.6 is 15.9 Å². The van der Waals surface area contributed by atoms with Gasteiger partial charge in [-0.2, -0.15) is 0 Å². The highest BCUT2D eigenvalue weighted by Crippen LogP contribution is 2.35. The van der Waals surface area contributed by atoms with Gasteiger partial charge in [-0.25, -0.2) is 0 Å². The lowest BCUT2D eigenvalue weighted by Crippen LogP contribution is -1.99. The molecule has 0 nitrogen and oxygen atoms in total. The van der Waals surface area contributed by atoms with Gasteiger partial charge >= 0.3 is 0 Å². The fraction of sp³-hybridized carbons (Fsp3) is 0.250. The molecule has 0 saturated heterocycles. The SMILES string of the molecule is Cc1cc(C)c(C(Br)c2ccccc2)c(C)c1. The number of hydrogen-bond donors (Lipinski definition) is 0. The average Bonchev–Trinajstić information content (AvgIpc) is 2.28. The van der Waals surface area contributed by atoms with E-state index in [2.05, 4.69) is 79.2 Å². The molecule has 2 aromatic carbocycles. The van der Waals surface area contributed by atoms with E-state index in [1.807, 2.05) is 0 Å². The summed E-state index contributed by atoms with van der Waals surface area (Å²) < 4.78 is 0. The van der Waals surface area contributed by atoms with Crippen LogP contribution in [0.2, 0.25) is 0 Å². The Bertz CT molecular complexity index is 491. The summed E-state index contributed by atoms with van der Waals surface area (Å²) in [7, 11) is 0. The second-order valence-electron chi connectivity index (χ2n) is 4.59. The molecular formula is C16H17Br. The van der Waals surface area contributed by atoms with Gasteiger partial charge in [0.05, 0.1) is 4.83 Å². The van der Waals surface area contributed by atoms with Crippen LogP contribution in [0, 0.1) is 20.8 Å². The summed E-state index contributed by atoms with van der Waals surface area (Å²) in [6, 6.07) is 15.1. The summed E-state index contributed by atoms with van der Waals surface area (Å²) in [6.45, 7) is 6.52. The standard InChI is InChI=1S/C16H17Br/c1-11-9-12(2)15(13(3)10-11)16(17)14-7-5-4-6-8-14/h4-10,16H,1-3H3. The van der Waals surface area contributed by atoms with Gasteiger partial charge in [0.2, 0.25) is 0 Å². The Morgan fingerprint density at radius 3 is 1.94 bits per heavy atom. The monoisotopic (exact) mass is 288 g/mol. The first-order valence-electron chi connectivity index (χ1n) is 5.86. The van der Waals surface area contributed by atoms with Crippen molar-refractivity contribution >= 4 is 15.9 Å². The van der Waals surface area contributed by atoms with E-state index in [1.165, 1.54) is 27.8 Å². The summed E-state index contributed by atoms with van der Waals surface area (Å²) in [6.07, 6.45) is 0. The van der Waals surface area contributed by atoms with Gasteiger partial charge in [0.25, 0.3) is 0 Å². The lowest BCUT2D eigenvalue weighted by atomic mass is 9.94. The molecule has 0 N–H and O–H groups in total. The summed E-state index contributed by atoms with van der Waals surface area (Å²) in [4.78, 5) is 0.282. The fourth-order valence-electron chi connectivity index (χ4n) is 2.38. The summed E-state index contributed by atoms with van der Waals surface area (Å²) in [5, 5.41) is 0. The van der Waals surface area contributed by atoms with E-state index in [1.54, 1.807) is 0 Å². The minimum Gasteiger partial charge on any atom is -0.0786 e. The first-order chi connectivity index (χ1) is 8.09. The molecule has 0 aromatic heterocycles. The number of halogens is 1. The molecule has 0 saturated carbocycles. The van der Waals surface area contributed by atoms with Crippen molar-refractivity contribution in [3.05, 3.63) is 70.3 Å². The molecule has 2 rings (SSSR count). The third-order valence-electron chi connectivity index (χ3n) is 3.08. The molecule has 1 atom stereocenters. The molecular weight excluding hydrogens is 272 g/mol. The van der Waals surface area contributed by atoms with Gasteiger partial charge in [-0.1, -0.05) is 64.0 Å². The van der Waals surface area contributed by atoms with Crippen LogP contribution in [-0.2, 0) is 0 Å². The molecule has 0 radical (unpaired) electrons. The molecule has 88 valence electrons. The van der Waals surface area contributed by atoms with E-state index in [9.17, 15) is 0 Å². The maximum absolute atomic E-state index is 3.82. The molecule has 17 heavy (non-hydrogen) atoms. The van der Waals surface area contributed by atoms with E-state index in [0.717, 1.165) is 0 Å². The summed E-state index contributed by atoms with van der Waals surface area (Å²) in [5.41, 5.74) is 6.74. The zero-order valence-corrected chi connectivity index (χ0v) is 12.1. The van der Waals surface area contributed by atoms with Crippen LogP contribution < -0.4 is 0 Å². The highest BCUT2D eigenvalue weighted by molar-refractivity contribution is 9.09. The van der Waals surface area contributed by atoms with E-state index in [-0.39, 0.29) is 4.83 Å². The molecule has 0 heterocycles. The minimum atomic E-state index is 0.282. The Labute approximate surface area is 112 Å². The lowest BCUT2D eigenvalue weighted by Gasteiger charge is -2.17. The van der Waals surface area contributed by atoms with Crippen LogP contribution in [0.5, 0.6) is 0 Å². The zero-order chi connectivity index (χ0) is 12.4. The normalized spacial score (nSPS) is 12.5. The van der Waals surface area contributed by atoms with Crippen LogP contribution in [0.15, 0.2) is 42.5 Å². The van der Waals surface area contributed by atoms with Crippen LogP contribution in [0.25, 0.3) is 0 Å². The number of hydrogen-bond acceptors (Lipinski definition) is 0. The van der Waals surface area contributed by atoms with Crippen molar-refractivity contribution in [2.24, 2.45) is 0 Å². The Morgan fingerprint density at radius 2 is 1.41 bits per heavy atom. The third kappa shape index (κ3) is 2.61. The van der Waals surface area contributed by atoms with Crippen molar-refractivity contribution in [1.29, 1.82) is 0 Å². The Morgan fingerprint density at radius 1 is 0.882 bits per heavy atom. The number of benzene rings is 2. The predicted molar refractivity (Wildman–Crippen MR) is 77.9 cm³/mol. The fourth-order valence-corrected chi connectivity index (χ4v) is 3.41. The minimum absolute atomic E-state index is 0.282. The maximum Gasteiger partial charge on any atom is 0.0649 e.